The summed E-state index contributed by atoms with van der Waals surface area (Å²) in [5.74, 6) is 0.735. The lowest BCUT2D eigenvalue weighted by molar-refractivity contribution is 0.323. The van der Waals surface area contributed by atoms with Crippen LogP contribution in [0.2, 0.25) is 0 Å². The topological polar surface area (TPSA) is 53.7 Å². The zero-order valence-electron chi connectivity index (χ0n) is 10.2. The molecule has 6 heteroatoms. The average molecular weight is 259 g/mol. The molecule has 2 N–H and O–H groups in total. The Balaban J connectivity index is 3.16. The number of hydrogen-bond donors (Lipinski definition) is 1. The highest BCUT2D eigenvalue weighted by Gasteiger charge is 2.14. The molecule has 0 aliphatic carbocycles. The van der Waals surface area contributed by atoms with Crippen LogP contribution < -0.4 is 19.9 Å². The molecule has 0 saturated heterocycles. The van der Waals surface area contributed by atoms with Crippen LogP contribution in [0.1, 0.15) is 5.56 Å². The van der Waals surface area contributed by atoms with E-state index in [9.17, 15) is 8.78 Å². The third-order valence-electron chi connectivity index (χ3n) is 2.22. The molecular formula is C12H15F2NO3. The van der Waals surface area contributed by atoms with Gasteiger partial charge in [0.25, 0.3) is 0 Å². The lowest BCUT2D eigenvalue weighted by Crippen LogP contribution is -2.04. The van der Waals surface area contributed by atoms with Crippen molar-refractivity contribution in [1.82, 2.24) is 0 Å². The normalized spacial score (nSPS) is 9.83. The highest BCUT2D eigenvalue weighted by molar-refractivity contribution is 5.54. The fraction of sp³-hybridized carbons (Fsp3) is 0.333. The van der Waals surface area contributed by atoms with Crippen molar-refractivity contribution in [2.45, 2.75) is 6.42 Å². The van der Waals surface area contributed by atoms with Crippen molar-refractivity contribution < 1.29 is 23.0 Å². The van der Waals surface area contributed by atoms with Gasteiger partial charge >= 0.3 is 6.08 Å². The number of benzene rings is 1. The lowest BCUT2D eigenvalue weighted by atomic mass is 10.1. The average Bonchev–Trinajstić information content (AvgIpc) is 2.36. The first-order valence-corrected chi connectivity index (χ1v) is 5.25. The van der Waals surface area contributed by atoms with E-state index in [1.54, 1.807) is 12.1 Å². The van der Waals surface area contributed by atoms with E-state index in [1.165, 1.54) is 14.2 Å². The van der Waals surface area contributed by atoms with Crippen molar-refractivity contribution in [1.29, 1.82) is 0 Å². The van der Waals surface area contributed by atoms with Gasteiger partial charge in [0.1, 0.15) is 0 Å². The molecule has 0 aromatic heterocycles. The fourth-order valence-corrected chi connectivity index (χ4v) is 1.46. The molecule has 1 aromatic carbocycles. The Labute approximate surface area is 104 Å². The Hall–Kier alpha value is -1.82. The Bertz CT molecular complexity index is 406. The van der Waals surface area contributed by atoms with Crippen LogP contribution in [-0.2, 0) is 6.42 Å². The molecule has 0 aliphatic heterocycles. The van der Waals surface area contributed by atoms with Gasteiger partial charge < -0.3 is 19.9 Å². The van der Waals surface area contributed by atoms with Crippen LogP contribution in [0.15, 0.2) is 24.5 Å². The second kappa shape index (κ2) is 6.80. The van der Waals surface area contributed by atoms with Crippen LogP contribution >= 0.6 is 0 Å². The first kappa shape index (κ1) is 14.2. The van der Waals surface area contributed by atoms with Gasteiger partial charge in [-0.25, -0.2) is 0 Å². The fourth-order valence-electron chi connectivity index (χ4n) is 1.46. The van der Waals surface area contributed by atoms with Crippen molar-refractivity contribution in [2.24, 2.45) is 5.73 Å². The highest BCUT2D eigenvalue weighted by Crippen LogP contribution is 2.39. The largest absolute Gasteiger partial charge is 0.493 e. The Morgan fingerprint density at radius 2 is 1.78 bits per heavy atom. The molecule has 0 bridgehead atoms. The molecule has 0 fully saturated rings. The van der Waals surface area contributed by atoms with Crippen molar-refractivity contribution >= 4 is 0 Å². The molecule has 18 heavy (non-hydrogen) atoms. The predicted octanol–water partition coefficient (Wildman–Crippen LogP) is 2.32. The summed E-state index contributed by atoms with van der Waals surface area (Å²) >= 11 is 0. The van der Waals surface area contributed by atoms with Gasteiger partial charge in [0.2, 0.25) is 5.75 Å². The van der Waals surface area contributed by atoms with Crippen LogP contribution in [0.5, 0.6) is 17.2 Å². The molecule has 0 atom stereocenters. The monoisotopic (exact) mass is 259 g/mol. The molecule has 0 saturated carbocycles. The minimum atomic E-state index is -1.94. The first-order valence-electron chi connectivity index (χ1n) is 5.25. The van der Waals surface area contributed by atoms with E-state index < -0.39 is 6.08 Å². The van der Waals surface area contributed by atoms with Gasteiger partial charge in [-0.2, -0.15) is 8.78 Å². The number of halogens is 2. The summed E-state index contributed by atoms with van der Waals surface area (Å²) in [5.41, 5.74) is 6.34. The van der Waals surface area contributed by atoms with Crippen molar-refractivity contribution in [3.05, 3.63) is 30.0 Å². The van der Waals surface area contributed by atoms with E-state index >= 15 is 0 Å². The van der Waals surface area contributed by atoms with Crippen molar-refractivity contribution in [3.8, 4) is 17.2 Å². The Morgan fingerprint density at radius 1 is 1.22 bits per heavy atom. The van der Waals surface area contributed by atoms with Crippen LogP contribution in [0, 0.1) is 0 Å². The minimum Gasteiger partial charge on any atom is -0.493 e. The minimum absolute atomic E-state index is 0.105. The van der Waals surface area contributed by atoms with E-state index in [4.69, 9.17) is 19.9 Å². The summed E-state index contributed by atoms with van der Waals surface area (Å²) in [7, 11) is 2.84. The maximum atomic E-state index is 12.0. The maximum absolute atomic E-state index is 12.0. The quantitative estimate of drug-likeness (QED) is 0.796. The number of ether oxygens (including phenoxy) is 3. The van der Waals surface area contributed by atoms with E-state index in [2.05, 4.69) is 0 Å². The van der Waals surface area contributed by atoms with Gasteiger partial charge in [-0.3, -0.25) is 0 Å². The first-order chi connectivity index (χ1) is 8.62. The molecule has 0 spiro atoms. The SMILES string of the molecule is COc1cc(CCN)cc(OC)c1OC=C(F)F. The number of methoxy groups -OCH3 is 2. The zero-order chi connectivity index (χ0) is 13.5. The highest BCUT2D eigenvalue weighted by atomic mass is 19.3. The number of rotatable bonds is 6. The number of nitrogens with two attached hydrogens (primary N) is 1. The van der Waals surface area contributed by atoms with E-state index in [1.807, 2.05) is 0 Å². The summed E-state index contributed by atoms with van der Waals surface area (Å²) in [6.07, 6.45) is -0.978. The predicted molar refractivity (Wildman–Crippen MR) is 63.2 cm³/mol. The smallest absolute Gasteiger partial charge is 0.305 e. The molecule has 0 heterocycles. The summed E-state index contributed by atoms with van der Waals surface area (Å²) in [6, 6.07) is 3.35. The second-order valence-electron chi connectivity index (χ2n) is 3.39. The maximum Gasteiger partial charge on any atom is 0.305 e. The summed E-state index contributed by atoms with van der Waals surface area (Å²) in [5, 5.41) is 0. The van der Waals surface area contributed by atoms with Crippen molar-refractivity contribution in [2.75, 3.05) is 20.8 Å². The third kappa shape index (κ3) is 3.59. The molecule has 1 rings (SSSR count). The second-order valence-corrected chi connectivity index (χ2v) is 3.39. The summed E-state index contributed by atoms with van der Waals surface area (Å²) < 4.78 is 39.1. The molecule has 0 radical (unpaired) electrons. The molecule has 0 aliphatic rings. The number of hydrogen-bond acceptors (Lipinski definition) is 4. The summed E-state index contributed by atoms with van der Waals surface area (Å²) in [6.45, 7) is 0.464. The molecule has 0 amide bonds. The van der Waals surface area contributed by atoms with Gasteiger partial charge in [-0.15, -0.1) is 0 Å². The van der Waals surface area contributed by atoms with Gasteiger partial charge in [0.15, 0.2) is 17.8 Å². The van der Waals surface area contributed by atoms with Crippen molar-refractivity contribution in [3.63, 3.8) is 0 Å². The van der Waals surface area contributed by atoms with Crippen LogP contribution in [0.4, 0.5) is 8.78 Å². The molecule has 4 nitrogen and oxygen atoms in total. The van der Waals surface area contributed by atoms with Crippen LogP contribution in [0.3, 0.4) is 0 Å². The van der Waals surface area contributed by atoms with E-state index in [0.29, 0.717) is 30.7 Å². The van der Waals surface area contributed by atoms with Gasteiger partial charge in [0, 0.05) is 0 Å². The van der Waals surface area contributed by atoms with E-state index in [0.717, 1.165) is 5.56 Å². The van der Waals surface area contributed by atoms with Crippen LogP contribution in [-0.4, -0.2) is 20.8 Å². The molecular weight excluding hydrogens is 244 g/mol. The van der Waals surface area contributed by atoms with Crippen LogP contribution in [0.25, 0.3) is 0 Å². The molecule has 0 unspecified atom stereocenters. The molecule has 100 valence electrons. The van der Waals surface area contributed by atoms with E-state index in [-0.39, 0.29) is 5.75 Å². The van der Waals surface area contributed by atoms with Gasteiger partial charge in [-0.05, 0) is 30.7 Å². The van der Waals surface area contributed by atoms with Gasteiger partial charge in [-0.1, -0.05) is 0 Å². The standard InChI is InChI=1S/C12H15F2NO3/c1-16-9-5-8(3-4-15)6-10(17-2)12(9)18-7-11(13)14/h5-7H,3-4,15H2,1-2H3. The Morgan fingerprint density at radius 3 is 2.17 bits per heavy atom. The third-order valence-corrected chi connectivity index (χ3v) is 2.22. The lowest BCUT2D eigenvalue weighted by Gasteiger charge is -2.13. The summed E-state index contributed by atoms with van der Waals surface area (Å²) in [4.78, 5) is 0. The van der Waals surface area contributed by atoms with Gasteiger partial charge in [0.05, 0.1) is 14.2 Å². The molecule has 1 aromatic rings. The zero-order valence-corrected chi connectivity index (χ0v) is 10.2. The Kier molecular flexibility index (Phi) is 5.38.